The number of nitrogens with one attached hydrogen (secondary N) is 2. The fraction of sp³-hybridized carbons (Fsp3) is 0.318. The minimum Gasteiger partial charge on any atom is -0.493 e. The van der Waals surface area contributed by atoms with Crippen LogP contribution in [0.2, 0.25) is 0 Å². The van der Waals surface area contributed by atoms with E-state index in [1.807, 2.05) is 36.4 Å². The highest BCUT2D eigenvalue weighted by Gasteiger charge is 2.03. The van der Waals surface area contributed by atoms with E-state index in [1.54, 1.807) is 6.08 Å². The maximum Gasteiger partial charge on any atom is 0.170 e. The van der Waals surface area contributed by atoms with Crippen LogP contribution in [0.4, 0.5) is 5.69 Å². The van der Waals surface area contributed by atoms with Gasteiger partial charge in [-0.15, -0.1) is 0 Å². The number of thiocarbonyl (C=S) groups is 1. The normalized spacial score (nSPS) is 10.1. The summed E-state index contributed by atoms with van der Waals surface area (Å²) >= 11 is 5.38. The van der Waals surface area contributed by atoms with E-state index in [4.69, 9.17) is 21.7 Å². The Labute approximate surface area is 167 Å². The van der Waals surface area contributed by atoms with Crippen LogP contribution in [0.1, 0.15) is 25.3 Å². The van der Waals surface area contributed by atoms with Crippen molar-refractivity contribution >= 4 is 23.0 Å². The molecular weight excluding hydrogens is 356 g/mol. The number of para-hydroxylation sites is 1. The molecule has 0 amide bonds. The Morgan fingerprint density at radius 3 is 2.81 bits per heavy atom. The fourth-order valence-corrected chi connectivity index (χ4v) is 2.76. The monoisotopic (exact) mass is 384 g/mol. The second-order valence-corrected chi connectivity index (χ2v) is 6.48. The second kappa shape index (κ2) is 12.0. The fourth-order valence-electron chi connectivity index (χ4n) is 2.54. The zero-order valence-electron chi connectivity index (χ0n) is 15.9. The summed E-state index contributed by atoms with van der Waals surface area (Å²) in [7, 11) is 0. The number of rotatable bonds is 11. The van der Waals surface area contributed by atoms with Crippen LogP contribution in [-0.2, 0) is 6.42 Å². The van der Waals surface area contributed by atoms with Gasteiger partial charge in [-0.2, -0.15) is 0 Å². The van der Waals surface area contributed by atoms with Crippen molar-refractivity contribution < 1.29 is 9.47 Å². The van der Waals surface area contributed by atoms with Crippen molar-refractivity contribution in [1.29, 1.82) is 0 Å². The van der Waals surface area contributed by atoms with Gasteiger partial charge in [-0.1, -0.05) is 43.8 Å². The lowest BCUT2D eigenvalue weighted by atomic mass is 10.1. The molecule has 4 nitrogen and oxygen atoms in total. The zero-order chi connectivity index (χ0) is 19.3. The maximum atomic E-state index is 5.81. The van der Waals surface area contributed by atoms with Gasteiger partial charge in [-0.25, -0.2) is 0 Å². The number of hydrogen-bond donors (Lipinski definition) is 2. The van der Waals surface area contributed by atoms with E-state index in [-0.39, 0.29) is 0 Å². The van der Waals surface area contributed by atoms with Crippen molar-refractivity contribution in [2.45, 2.75) is 26.2 Å². The van der Waals surface area contributed by atoms with Crippen LogP contribution in [0.25, 0.3) is 0 Å². The quantitative estimate of drug-likeness (QED) is 0.326. The van der Waals surface area contributed by atoms with E-state index < -0.39 is 0 Å². The van der Waals surface area contributed by atoms with Gasteiger partial charge in [-0.3, -0.25) is 0 Å². The third-order valence-electron chi connectivity index (χ3n) is 3.80. The molecule has 0 aliphatic heterocycles. The first-order valence-electron chi connectivity index (χ1n) is 9.32. The Morgan fingerprint density at radius 1 is 1.15 bits per heavy atom. The lowest BCUT2D eigenvalue weighted by Gasteiger charge is -2.13. The summed E-state index contributed by atoms with van der Waals surface area (Å²) < 4.78 is 11.3. The van der Waals surface area contributed by atoms with Gasteiger partial charge >= 0.3 is 0 Å². The molecular formula is C22H28N2O2S. The predicted octanol–water partition coefficient (Wildman–Crippen LogP) is 4.96. The van der Waals surface area contributed by atoms with Crippen molar-refractivity contribution in [3.8, 4) is 11.5 Å². The molecule has 0 aliphatic carbocycles. The van der Waals surface area contributed by atoms with Gasteiger partial charge in [0.15, 0.2) is 5.11 Å². The van der Waals surface area contributed by atoms with Crippen LogP contribution in [0.5, 0.6) is 11.5 Å². The average Bonchev–Trinajstić information content (AvgIpc) is 2.69. The molecule has 2 rings (SSSR count). The zero-order valence-corrected chi connectivity index (χ0v) is 16.7. The van der Waals surface area contributed by atoms with Gasteiger partial charge in [-0.05, 0) is 55.2 Å². The molecule has 0 unspecified atom stereocenters. The Bertz CT molecular complexity index is 734. The summed E-state index contributed by atoms with van der Waals surface area (Å²) in [6, 6.07) is 15.9. The van der Waals surface area contributed by atoms with Crippen molar-refractivity contribution in [2.24, 2.45) is 0 Å². The van der Waals surface area contributed by atoms with Crippen LogP contribution < -0.4 is 20.1 Å². The third kappa shape index (κ3) is 7.71. The summed E-state index contributed by atoms with van der Waals surface area (Å²) in [4.78, 5) is 0. The molecule has 0 fully saturated rings. The SMILES string of the molecule is C=CCOc1cccc(NC(=S)NCCCc2ccccc2OCCC)c1. The van der Waals surface area contributed by atoms with E-state index in [2.05, 4.69) is 36.3 Å². The number of anilines is 1. The summed E-state index contributed by atoms with van der Waals surface area (Å²) in [5.41, 5.74) is 2.13. The Hall–Kier alpha value is -2.53. The molecule has 5 heteroatoms. The maximum absolute atomic E-state index is 5.81. The lowest BCUT2D eigenvalue weighted by Crippen LogP contribution is -2.29. The molecule has 0 radical (unpaired) electrons. The van der Waals surface area contributed by atoms with Crippen LogP contribution >= 0.6 is 12.2 Å². The third-order valence-corrected chi connectivity index (χ3v) is 4.05. The number of benzene rings is 2. The van der Waals surface area contributed by atoms with Gasteiger partial charge in [0.05, 0.1) is 6.61 Å². The minimum atomic E-state index is 0.482. The van der Waals surface area contributed by atoms with E-state index in [0.29, 0.717) is 11.7 Å². The minimum absolute atomic E-state index is 0.482. The molecule has 0 aromatic heterocycles. The van der Waals surface area contributed by atoms with Gasteiger partial charge in [0.25, 0.3) is 0 Å². The predicted molar refractivity (Wildman–Crippen MR) is 117 cm³/mol. The van der Waals surface area contributed by atoms with E-state index in [9.17, 15) is 0 Å². The van der Waals surface area contributed by atoms with Gasteiger partial charge in [0.2, 0.25) is 0 Å². The molecule has 2 aromatic rings. The van der Waals surface area contributed by atoms with Crippen molar-refractivity contribution in [3.63, 3.8) is 0 Å². The molecule has 0 heterocycles. The highest BCUT2D eigenvalue weighted by molar-refractivity contribution is 7.80. The number of aryl methyl sites for hydroxylation is 1. The summed E-state index contributed by atoms with van der Waals surface area (Å²) in [5.74, 6) is 1.77. The van der Waals surface area contributed by atoms with E-state index in [1.165, 1.54) is 5.56 Å². The van der Waals surface area contributed by atoms with Crippen LogP contribution in [0.15, 0.2) is 61.2 Å². The van der Waals surface area contributed by atoms with Gasteiger partial charge in [0.1, 0.15) is 18.1 Å². The molecule has 27 heavy (non-hydrogen) atoms. The van der Waals surface area contributed by atoms with E-state index in [0.717, 1.165) is 49.6 Å². The van der Waals surface area contributed by atoms with Crippen LogP contribution in [0, 0.1) is 0 Å². The van der Waals surface area contributed by atoms with Crippen molar-refractivity contribution in [3.05, 3.63) is 66.7 Å². The summed E-state index contributed by atoms with van der Waals surface area (Å²) in [6.07, 6.45) is 4.64. The summed E-state index contributed by atoms with van der Waals surface area (Å²) in [5, 5.41) is 7.04. The van der Waals surface area contributed by atoms with Crippen LogP contribution in [-0.4, -0.2) is 24.9 Å². The highest BCUT2D eigenvalue weighted by Crippen LogP contribution is 2.20. The van der Waals surface area contributed by atoms with E-state index >= 15 is 0 Å². The largest absolute Gasteiger partial charge is 0.493 e. The van der Waals surface area contributed by atoms with Gasteiger partial charge < -0.3 is 20.1 Å². The molecule has 144 valence electrons. The van der Waals surface area contributed by atoms with Crippen molar-refractivity contribution in [1.82, 2.24) is 5.32 Å². The van der Waals surface area contributed by atoms with Crippen LogP contribution in [0.3, 0.4) is 0 Å². The topological polar surface area (TPSA) is 42.5 Å². The van der Waals surface area contributed by atoms with Crippen molar-refractivity contribution in [2.75, 3.05) is 25.1 Å². The first kappa shape index (κ1) is 20.8. The molecule has 0 spiro atoms. The standard InChI is InChI=1S/C22H28N2O2S/c1-3-15-25-20-12-7-11-19(17-20)24-22(27)23-14-8-10-18-9-5-6-13-21(18)26-16-4-2/h3,5-7,9,11-13,17H,1,4,8,10,14-16H2,2H3,(H2,23,24,27). The average molecular weight is 385 g/mol. The molecule has 0 saturated heterocycles. The Balaban J connectivity index is 1.74. The first-order chi connectivity index (χ1) is 13.2. The lowest BCUT2D eigenvalue weighted by molar-refractivity contribution is 0.314. The number of hydrogen-bond acceptors (Lipinski definition) is 3. The molecule has 2 N–H and O–H groups in total. The molecule has 0 aliphatic rings. The molecule has 0 atom stereocenters. The molecule has 0 saturated carbocycles. The smallest absolute Gasteiger partial charge is 0.170 e. The van der Waals surface area contributed by atoms with Gasteiger partial charge in [0, 0.05) is 18.3 Å². The first-order valence-corrected chi connectivity index (χ1v) is 9.73. The summed E-state index contributed by atoms with van der Waals surface area (Å²) in [6.45, 7) is 7.79. The highest BCUT2D eigenvalue weighted by atomic mass is 32.1. The Morgan fingerprint density at radius 2 is 2.00 bits per heavy atom. The second-order valence-electron chi connectivity index (χ2n) is 6.07. The molecule has 2 aromatic carbocycles. The number of ether oxygens (including phenoxy) is 2. The molecule has 0 bridgehead atoms. The Kier molecular flexibility index (Phi) is 9.21.